The van der Waals surface area contributed by atoms with E-state index < -0.39 is 0 Å². The maximum Gasteiger partial charge on any atom is 0.123 e. The molecule has 0 bridgehead atoms. The average molecular weight is 322 g/mol. The van der Waals surface area contributed by atoms with Gasteiger partial charge in [0.05, 0.1) is 6.61 Å². The van der Waals surface area contributed by atoms with E-state index in [1.54, 1.807) is 0 Å². The summed E-state index contributed by atoms with van der Waals surface area (Å²) in [7, 11) is 0. The van der Waals surface area contributed by atoms with Crippen LogP contribution in [0.5, 0.6) is 5.75 Å². The molecule has 0 unspecified atom stereocenters. The molecule has 0 spiro atoms. The van der Waals surface area contributed by atoms with Gasteiger partial charge in [-0.2, -0.15) is 11.8 Å². The fourth-order valence-electron chi connectivity index (χ4n) is 1.95. The monoisotopic (exact) mass is 321 g/mol. The third-order valence-electron chi connectivity index (χ3n) is 3.10. The molecule has 0 aromatic heterocycles. The quantitative estimate of drug-likeness (QED) is 0.727. The lowest BCUT2D eigenvalue weighted by Gasteiger charge is -2.10. The molecule has 0 heterocycles. The van der Waals surface area contributed by atoms with Gasteiger partial charge in [-0.1, -0.05) is 48.0 Å². The minimum absolute atomic E-state index is 0.511. The van der Waals surface area contributed by atoms with Gasteiger partial charge in [0.1, 0.15) is 5.75 Å². The van der Waals surface area contributed by atoms with Gasteiger partial charge in [0, 0.05) is 22.9 Å². The zero-order valence-corrected chi connectivity index (χ0v) is 13.5. The molecule has 2 nitrogen and oxygen atoms in total. The van der Waals surface area contributed by atoms with Crippen LogP contribution >= 0.6 is 23.4 Å². The van der Waals surface area contributed by atoms with E-state index in [1.165, 1.54) is 5.56 Å². The topological polar surface area (TPSA) is 35.2 Å². The highest BCUT2D eigenvalue weighted by atomic mass is 35.5. The van der Waals surface area contributed by atoms with Gasteiger partial charge in [-0.05, 0) is 29.9 Å². The summed E-state index contributed by atoms with van der Waals surface area (Å²) in [5.41, 5.74) is 7.93. The van der Waals surface area contributed by atoms with Crippen molar-refractivity contribution in [1.29, 1.82) is 0 Å². The van der Waals surface area contributed by atoms with E-state index in [0.717, 1.165) is 34.3 Å². The summed E-state index contributed by atoms with van der Waals surface area (Å²) in [4.78, 5) is 0. The minimum Gasteiger partial charge on any atom is -0.493 e. The molecule has 0 amide bonds. The van der Waals surface area contributed by atoms with Crippen LogP contribution in [0, 0.1) is 0 Å². The van der Waals surface area contributed by atoms with Crippen molar-refractivity contribution in [3.05, 3.63) is 64.7 Å². The number of ether oxygens (including phenoxy) is 1. The molecule has 112 valence electrons. The van der Waals surface area contributed by atoms with Crippen LogP contribution in [-0.4, -0.2) is 12.4 Å². The zero-order chi connectivity index (χ0) is 14.9. The van der Waals surface area contributed by atoms with Crippen molar-refractivity contribution >= 4 is 23.4 Å². The van der Waals surface area contributed by atoms with E-state index in [2.05, 4.69) is 6.07 Å². The molecule has 2 rings (SSSR count). The van der Waals surface area contributed by atoms with E-state index in [0.29, 0.717) is 13.2 Å². The number of rotatable bonds is 8. The second-order valence-corrected chi connectivity index (χ2v) is 6.17. The molecule has 2 aromatic rings. The maximum absolute atomic E-state index is 6.13. The summed E-state index contributed by atoms with van der Waals surface area (Å²) < 4.78 is 5.78. The van der Waals surface area contributed by atoms with Crippen molar-refractivity contribution in [2.75, 3.05) is 12.4 Å². The van der Waals surface area contributed by atoms with Crippen LogP contribution in [0.2, 0.25) is 5.02 Å². The van der Waals surface area contributed by atoms with Crippen LogP contribution < -0.4 is 10.5 Å². The smallest absolute Gasteiger partial charge is 0.123 e. The van der Waals surface area contributed by atoms with Crippen molar-refractivity contribution in [3.8, 4) is 5.75 Å². The molecule has 4 heteroatoms. The Hall–Kier alpha value is -1.16. The molecule has 0 aliphatic heterocycles. The minimum atomic E-state index is 0.511. The van der Waals surface area contributed by atoms with Crippen LogP contribution in [0.3, 0.4) is 0 Å². The first-order valence-electron chi connectivity index (χ1n) is 7.03. The number of para-hydroxylation sites is 1. The summed E-state index contributed by atoms with van der Waals surface area (Å²) in [5, 5.41) is 0.845. The van der Waals surface area contributed by atoms with E-state index >= 15 is 0 Å². The molecular weight excluding hydrogens is 302 g/mol. The lowest BCUT2D eigenvalue weighted by atomic mass is 10.2. The maximum atomic E-state index is 6.13. The van der Waals surface area contributed by atoms with Gasteiger partial charge in [0.2, 0.25) is 0 Å². The predicted octanol–water partition coefficient (Wildman–Crippen LogP) is 4.50. The van der Waals surface area contributed by atoms with Crippen LogP contribution in [-0.2, 0) is 12.3 Å². The molecule has 0 fully saturated rings. The summed E-state index contributed by atoms with van der Waals surface area (Å²) in [5.74, 6) is 2.89. The molecule has 0 radical (unpaired) electrons. The average Bonchev–Trinajstić information content (AvgIpc) is 2.52. The largest absolute Gasteiger partial charge is 0.493 e. The van der Waals surface area contributed by atoms with Gasteiger partial charge in [-0.15, -0.1) is 0 Å². The highest BCUT2D eigenvalue weighted by molar-refractivity contribution is 7.98. The van der Waals surface area contributed by atoms with Crippen molar-refractivity contribution in [2.45, 2.75) is 18.7 Å². The first-order valence-corrected chi connectivity index (χ1v) is 8.56. The normalized spacial score (nSPS) is 10.6. The Balaban J connectivity index is 1.65. The van der Waals surface area contributed by atoms with Crippen molar-refractivity contribution in [3.63, 3.8) is 0 Å². The Morgan fingerprint density at radius 2 is 1.71 bits per heavy atom. The van der Waals surface area contributed by atoms with Crippen LogP contribution in [0.25, 0.3) is 0 Å². The molecule has 2 aromatic carbocycles. The second kappa shape index (κ2) is 8.98. The summed E-state index contributed by atoms with van der Waals surface area (Å²) >= 11 is 8.00. The molecule has 0 aliphatic carbocycles. The second-order valence-electron chi connectivity index (χ2n) is 4.66. The molecule has 0 saturated heterocycles. The third kappa shape index (κ3) is 5.27. The Morgan fingerprint density at radius 3 is 2.48 bits per heavy atom. The Bertz CT molecular complexity index is 562. The van der Waals surface area contributed by atoms with Crippen molar-refractivity contribution in [2.24, 2.45) is 5.73 Å². The van der Waals surface area contributed by atoms with Gasteiger partial charge in [-0.25, -0.2) is 0 Å². The van der Waals surface area contributed by atoms with Crippen LogP contribution in [0.1, 0.15) is 17.5 Å². The number of nitrogens with two attached hydrogens (primary N) is 1. The van der Waals surface area contributed by atoms with Gasteiger partial charge < -0.3 is 10.5 Å². The van der Waals surface area contributed by atoms with Crippen molar-refractivity contribution in [1.82, 2.24) is 0 Å². The lowest BCUT2D eigenvalue weighted by Crippen LogP contribution is -2.04. The Kier molecular flexibility index (Phi) is 6.93. The number of thioether (sulfide) groups is 1. The fraction of sp³-hybridized carbons (Fsp3) is 0.294. The lowest BCUT2D eigenvalue weighted by molar-refractivity contribution is 0.315. The summed E-state index contributed by atoms with van der Waals surface area (Å²) in [6.07, 6.45) is 1.01. The number of hydrogen-bond donors (Lipinski definition) is 1. The highest BCUT2D eigenvalue weighted by Crippen LogP contribution is 2.21. The van der Waals surface area contributed by atoms with Crippen LogP contribution in [0.15, 0.2) is 48.5 Å². The molecular formula is C17H20ClNOS. The van der Waals surface area contributed by atoms with E-state index in [9.17, 15) is 0 Å². The molecule has 21 heavy (non-hydrogen) atoms. The van der Waals surface area contributed by atoms with Crippen molar-refractivity contribution < 1.29 is 4.74 Å². The fourth-order valence-corrected chi connectivity index (χ4v) is 3.17. The molecule has 0 aliphatic rings. The van der Waals surface area contributed by atoms with Crippen LogP contribution in [0.4, 0.5) is 0 Å². The Morgan fingerprint density at radius 1 is 1.00 bits per heavy atom. The van der Waals surface area contributed by atoms with Gasteiger partial charge in [-0.3, -0.25) is 0 Å². The van der Waals surface area contributed by atoms with Gasteiger partial charge >= 0.3 is 0 Å². The third-order valence-corrected chi connectivity index (χ3v) is 4.56. The number of halogens is 1. The van der Waals surface area contributed by atoms with E-state index in [1.807, 2.05) is 54.2 Å². The van der Waals surface area contributed by atoms with E-state index in [4.69, 9.17) is 22.1 Å². The van der Waals surface area contributed by atoms with E-state index in [-0.39, 0.29) is 0 Å². The number of benzene rings is 2. The standard InChI is InChI=1S/C17H20ClNOS/c18-16-8-3-1-7-15(16)13-21-11-5-10-20-17-9-4-2-6-14(17)12-19/h1-4,6-9H,5,10-13,19H2. The zero-order valence-electron chi connectivity index (χ0n) is 11.9. The summed E-state index contributed by atoms with van der Waals surface area (Å²) in [6, 6.07) is 15.9. The molecule has 0 atom stereocenters. The summed E-state index contributed by atoms with van der Waals surface area (Å²) in [6.45, 7) is 1.23. The van der Waals surface area contributed by atoms with Gasteiger partial charge in [0.25, 0.3) is 0 Å². The first-order chi connectivity index (χ1) is 10.3. The highest BCUT2D eigenvalue weighted by Gasteiger charge is 2.01. The number of hydrogen-bond acceptors (Lipinski definition) is 3. The molecule has 0 saturated carbocycles. The first kappa shape index (κ1) is 16.2. The van der Waals surface area contributed by atoms with Gasteiger partial charge in [0.15, 0.2) is 0 Å². The molecule has 2 N–H and O–H groups in total. The SMILES string of the molecule is NCc1ccccc1OCCCSCc1ccccc1Cl. The Labute approximate surface area is 135 Å². The predicted molar refractivity (Wildman–Crippen MR) is 92.1 cm³/mol.